The van der Waals surface area contributed by atoms with Crippen LogP contribution in [0.5, 0.6) is 11.5 Å². The van der Waals surface area contributed by atoms with Gasteiger partial charge in [0.25, 0.3) is 0 Å². The van der Waals surface area contributed by atoms with Crippen molar-refractivity contribution in [3.8, 4) is 11.5 Å². The van der Waals surface area contributed by atoms with Gasteiger partial charge in [-0.25, -0.2) is 0 Å². The number of nitrogens with one attached hydrogen (secondary N) is 1. The number of carboxylic acid groups (broad SMARTS) is 1. The van der Waals surface area contributed by atoms with Crippen molar-refractivity contribution in [3.05, 3.63) is 60.2 Å². The first-order chi connectivity index (χ1) is 11.1. The lowest BCUT2D eigenvalue weighted by Gasteiger charge is -2.08. The summed E-state index contributed by atoms with van der Waals surface area (Å²) in [6.07, 6.45) is 1.03. The summed E-state index contributed by atoms with van der Waals surface area (Å²) >= 11 is 0. The van der Waals surface area contributed by atoms with Crippen LogP contribution in [0.25, 0.3) is 0 Å². The zero-order valence-corrected chi connectivity index (χ0v) is 12.7. The highest BCUT2D eigenvalue weighted by molar-refractivity contribution is 5.93. The monoisotopic (exact) mass is 313 g/mol. The number of ether oxygens (including phenoxy) is 1. The number of amides is 1. The smallest absolute Gasteiger partial charge is 0.312 e. The molecule has 0 heterocycles. The highest BCUT2D eigenvalue weighted by Crippen LogP contribution is 2.22. The number of benzene rings is 2. The van der Waals surface area contributed by atoms with Gasteiger partial charge in [-0.15, -0.1) is 0 Å². The second-order valence-corrected chi connectivity index (χ2v) is 5.09. The van der Waals surface area contributed by atoms with E-state index in [1.54, 1.807) is 0 Å². The number of para-hydroxylation sites is 1. The largest absolute Gasteiger partial charge is 0.481 e. The van der Waals surface area contributed by atoms with E-state index in [0.717, 1.165) is 29.9 Å². The van der Waals surface area contributed by atoms with Crippen LogP contribution in [0.4, 0.5) is 0 Å². The van der Waals surface area contributed by atoms with E-state index in [2.05, 4.69) is 5.32 Å². The molecule has 5 nitrogen and oxygen atoms in total. The summed E-state index contributed by atoms with van der Waals surface area (Å²) in [6, 6.07) is 17.3. The molecule has 2 rings (SSSR count). The zero-order chi connectivity index (χ0) is 16.5. The van der Waals surface area contributed by atoms with Crippen molar-refractivity contribution < 1.29 is 19.4 Å². The van der Waals surface area contributed by atoms with Crippen LogP contribution in [0.1, 0.15) is 18.4 Å². The molecule has 0 fully saturated rings. The molecule has 0 radical (unpaired) electrons. The Morgan fingerprint density at radius 2 is 1.74 bits per heavy atom. The Kier molecular flexibility index (Phi) is 6.17. The van der Waals surface area contributed by atoms with Gasteiger partial charge in [0.05, 0.1) is 0 Å². The molecule has 0 atom stereocenters. The summed E-state index contributed by atoms with van der Waals surface area (Å²) < 4.78 is 5.77. The standard InChI is InChI=1S/C18H19NO4/c20-17(13-18(21)22)19-11-5-7-14-6-4-10-16(12-14)23-15-8-2-1-3-9-15/h1-4,6,8-10,12H,5,7,11,13H2,(H,19,20)(H,21,22). The molecule has 1 amide bonds. The second-order valence-electron chi connectivity index (χ2n) is 5.09. The average Bonchev–Trinajstić information content (AvgIpc) is 2.52. The Morgan fingerprint density at radius 3 is 2.48 bits per heavy atom. The number of carbonyl (C=O) groups excluding carboxylic acids is 1. The molecular formula is C18H19NO4. The van der Waals surface area contributed by atoms with Crippen LogP contribution in [-0.2, 0) is 16.0 Å². The van der Waals surface area contributed by atoms with Gasteiger partial charge < -0.3 is 15.2 Å². The maximum absolute atomic E-state index is 11.2. The van der Waals surface area contributed by atoms with E-state index in [-0.39, 0.29) is 0 Å². The average molecular weight is 313 g/mol. The molecule has 5 heteroatoms. The van der Waals surface area contributed by atoms with Gasteiger partial charge in [-0.1, -0.05) is 30.3 Å². The van der Waals surface area contributed by atoms with E-state index in [1.165, 1.54) is 0 Å². The molecule has 0 bridgehead atoms. The van der Waals surface area contributed by atoms with Gasteiger partial charge in [0.1, 0.15) is 17.9 Å². The van der Waals surface area contributed by atoms with Crippen molar-refractivity contribution >= 4 is 11.9 Å². The maximum atomic E-state index is 11.2. The molecule has 0 saturated heterocycles. The van der Waals surface area contributed by atoms with E-state index in [9.17, 15) is 9.59 Å². The van der Waals surface area contributed by atoms with Crippen molar-refractivity contribution in [2.45, 2.75) is 19.3 Å². The maximum Gasteiger partial charge on any atom is 0.312 e. The summed E-state index contributed by atoms with van der Waals surface area (Å²) in [7, 11) is 0. The Hall–Kier alpha value is -2.82. The first kappa shape index (κ1) is 16.5. The summed E-state index contributed by atoms with van der Waals surface area (Å²) in [4.78, 5) is 21.6. The topological polar surface area (TPSA) is 75.6 Å². The third-order valence-corrected chi connectivity index (χ3v) is 3.15. The van der Waals surface area contributed by atoms with Crippen LogP contribution >= 0.6 is 0 Å². The van der Waals surface area contributed by atoms with E-state index in [0.29, 0.717) is 6.54 Å². The normalized spacial score (nSPS) is 10.1. The van der Waals surface area contributed by atoms with Crippen LogP contribution in [0, 0.1) is 0 Å². The molecule has 0 saturated carbocycles. The molecule has 0 aliphatic rings. The van der Waals surface area contributed by atoms with Crippen molar-refractivity contribution in [3.63, 3.8) is 0 Å². The van der Waals surface area contributed by atoms with Crippen molar-refractivity contribution in [1.82, 2.24) is 5.32 Å². The Bertz CT molecular complexity index is 655. The van der Waals surface area contributed by atoms with Gasteiger partial charge in [0.2, 0.25) is 5.91 Å². The number of hydrogen-bond donors (Lipinski definition) is 2. The summed E-state index contributed by atoms with van der Waals surface area (Å²) in [5, 5.41) is 11.1. The molecule has 23 heavy (non-hydrogen) atoms. The lowest BCUT2D eigenvalue weighted by Crippen LogP contribution is -2.26. The lowest BCUT2D eigenvalue weighted by atomic mass is 10.1. The summed E-state index contributed by atoms with van der Waals surface area (Å²) in [5.41, 5.74) is 1.10. The third-order valence-electron chi connectivity index (χ3n) is 3.15. The van der Waals surface area contributed by atoms with Crippen LogP contribution in [0.15, 0.2) is 54.6 Å². The van der Waals surface area contributed by atoms with Gasteiger partial charge in [-0.05, 0) is 42.7 Å². The molecule has 0 unspecified atom stereocenters. The summed E-state index contributed by atoms with van der Waals surface area (Å²) in [6.45, 7) is 0.454. The Balaban J connectivity index is 1.79. The van der Waals surface area contributed by atoms with Crippen molar-refractivity contribution in [2.24, 2.45) is 0 Å². The second kappa shape index (κ2) is 8.58. The fourth-order valence-corrected chi connectivity index (χ4v) is 2.11. The number of aliphatic carboxylic acids is 1. The predicted octanol–water partition coefficient (Wildman–Crippen LogP) is 3.00. The van der Waals surface area contributed by atoms with Gasteiger partial charge in [0.15, 0.2) is 0 Å². The molecular weight excluding hydrogens is 294 g/mol. The molecule has 2 aromatic carbocycles. The zero-order valence-electron chi connectivity index (χ0n) is 12.7. The summed E-state index contributed by atoms with van der Waals surface area (Å²) in [5.74, 6) is -0.0267. The highest BCUT2D eigenvalue weighted by Gasteiger charge is 2.06. The molecule has 0 aliphatic heterocycles. The predicted molar refractivity (Wildman–Crippen MR) is 86.5 cm³/mol. The molecule has 2 aromatic rings. The van der Waals surface area contributed by atoms with Gasteiger partial charge in [-0.2, -0.15) is 0 Å². The lowest BCUT2D eigenvalue weighted by molar-refractivity contribution is -0.140. The fraction of sp³-hybridized carbons (Fsp3) is 0.222. The molecule has 120 valence electrons. The number of carbonyl (C=O) groups is 2. The number of aryl methyl sites for hydroxylation is 1. The van der Waals surface area contributed by atoms with Crippen LogP contribution < -0.4 is 10.1 Å². The van der Waals surface area contributed by atoms with E-state index in [4.69, 9.17) is 9.84 Å². The van der Waals surface area contributed by atoms with Gasteiger partial charge >= 0.3 is 5.97 Å². The fourth-order valence-electron chi connectivity index (χ4n) is 2.11. The van der Waals surface area contributed by atoms with Gasteiger partial charge in [0, 0.05) is 6.54 Å². The van der Waals surface area contributed by atoms with Crippen molar-refractivity contribution in [2.75, 3.05) is 6.54 Å². The minimum Gasteiger partial charge on any atom is -0.481 e. The minimum absolute atomic E-state index is 0.454. The first-order valence-corrected chi connectivity index (χ1v) is 7.44. The first-order valence-electron chi connectivity index (χ1n) is 7.44. The van der Waals surface area contributed by atoms with Gasteiger partial charge in [-0.3, -0.25) is 9.59 Å². The van der Waals surface area contributed by atoms with E-state index >= 15 is 0 Å². The number of rotatable bonds is 8. The van der Waals surface area contributed by atoms with Crippen LogP contribution in [0.2, 0.25) is 0 Å². The molecule has 0 spiro atoms. The molecule has 0 aromatic heterocycles. The van der Waals surface area contributed by atoms with Crippen LogP contribution in [-0.4, -0.2) is 23.5 Å². The molecule has 2 N–H and O–H groups in total. The number of carboxylic acids is 1. The van der Waals surface area contributed by atoms with Crippen molar-refractivity contribution in [1.29, 1.82) is 0 Å². The SMILES string of the molecule is O=C(O)CC(=O)NCCCc1cccc(Oc2ccccc2)c1. The molecule has 0 aliphatic carbocycles. The van der Waals surface area contributed by atoms with Crippen LogP contribution in [0.3, 0.4) is 0 Å². The highest BCUT2D eigenvalue weighted by atomic mass is 16.5. The Morgan fingerprint density at radius 1 is 1.00 bits per heavy atom. The Labute approximate surface area is 134 Å². The quantitative estimate of drug-likeness (QED) is 0.580. The van der Waals surface area contributed by atoms with E-state index in [1.807, 2.05) is 54.6 Å². The third kappa shape index (κ3) is 6.22. The number of hydrogen-bond acceptors (Lipinski definition) is 3. The minimum atomic E-state index is -1.12. The van der Waals surface area contributed by atoms with E-state index < -0.39 is 18.3 Å².